The number of nitrogens with zero attached hydrogens (tertiary/aromatic N) is 6. The van der Waals surface area contributed by atoms with Gasteiger partial charge in [0.05, 0.1) is 13.2 Å². The molecule has 3 heterocycles. The SMILES string of the molecule is CCCN1CCN([C@@H](c2cc3cc(OC)ccc3[nH]c2=O)c2nnnn2C2CCCC2)CC1. The summed E-state index contributed by atoms with van der Waals surface area (Å²) in [4.78, 5) is 21.3. The second-order valence-corrected chi connectivity index (χ2v) is 9.21. The number of nitrogens with one attached hydrogen (secondary N) is 1. The number of aromatic nitrogens is 5. The zero-order valence-corrected chi connectivity index (χ0v) is 19.5. The standard InChI is InChI=1S/C24H33N7O2/c1-3-10-29-11-13-30(14-12-29)22(23-26-27-28-31(23)18-6-4-5-7-18)20-16-17-15-19(33-2)8-9-21(17)25-24(20)32/h8-9,15-16,18,22H,3-7,10-14H2,1-2H3,(H,25,32)/t22-/m0/s1. The Labute approximate surface area is 193 Å². The van der Waals surface area contributed by atoms with Gasteiger partial charge in [-0.1, -0.05) is 19.8 Å². The fourth-order valence-corrected chi connectivity index (χ4v) is 5.38. The van der Waals surface area contributed by atoms with Gasteiger partial charge in [0.15, 0.2) is 5.82 Å². The molecule has 0 amide bonds. The smallest absolute Gasteiger partial charge is 0.253 e. The summed E-state index contributed by atoms with van der Waals surface area (Å²) in [6.07, 6.45) is 5.71. The summed E-state index contributed by atoms with van der Waals surface area (Å²) < 4.78 is 7.41. The van der Waals surface area contributed by atoms with E-state index in [1.54, 1.807) is 7.11 Å². The van der Waals surface area contributed by atoms with Crippen LogP contribution >= 0.6 is 0 Å². The molecule has 1 aromatic carbocycles. The van der Waals surface area contributed by atoms with E-state index in [2.05, 4.69) is 37.2 Å². The van der Waals surface area contributed by atoms with Crippen molar-refractivity contribution in [3.63, 3.8) is 0 Å². The normalized spacial score (nSPS) is 19.3. The van der Waals surface area contributed by atoms with Gasteiger partial charge < -0.3 is 14.6 Å². The molecular formula is C24H33N7O2. The summed E-state index contributed by atoms with van der Waals surface area (Å²) in [5.41, 5.74) is 1.40. The summed E-state index contributed by atoms with van der Waals surface area (Å²) in [5.74, 6) is 1.54. The summed E-state index contributed by atoms with van der Waals surface area (Å²) >= 11 is 0. The van der Waals surface area contributed by atoms with Gasteiger partial charge in [0, 0.05) is 42.6 Å². The first-order chi connectivity index (χ1) is 16.2. The molecule has 1 aliphatic heterocycles. The molecule has 2 fully saturated rings. The Kier molecular flexibility index (Phi) is 6.41. The molecule has 176 valence electrons. The molecule has 9 heteroatoms. The molecule has 0 unspecified atom stereocenters. The minimum absolute atomic E-state index is 0.0883. The predicted octanol–water partition coefficient (Wildman–Crippen LogP) is 2.76. The van der Waals surface area contributed by atoms with E-state index < -0.39 is 0 Å². The zero-order chi connectivity index (χ0) is 22.8. The molecule has 1 saturated carbocycles. The number of ether oxygens (including phenoxy) is 1. The van der Waals surface area contributed by atoms with Crippen molar-refractivity contribution < 1.29 is 4.74 Å². The Morgan fingerprint density at radius 2 is 1.94 bits per heavy atom. The Balaban J connectivity index is 1.58. The van der Waals surface area contributed by atoms with Gasteiger partial charge in [-0.05, 0) is 60.5 Å². The van der Waals surface area contributed by atoms with Crippen molar-refractivity contribution >= 4 is 10.9 Å². The fourth-order valence-electron chi connectivity index (χ4n) is 5.38. The Hall–Kier alpha value is -2.78. The van der Waals surface area contributed by atoms with Crippen molar-refractivity contribution in [2.24, 2.45) is 0 Å². The molecule has 5 rings (SSSR count). The van der Waals surface area contributed by atoms with Crippen molar-refractivity contribution in [1.29, 1.82) is 0 Å². The Morgan fingerprint density at radius 3 is 2.67 bits per heavy atom. The lowest BCUT2D eigenvalue weighted by Crippen LogP contribution is -2.49. The monoisotopic (exact) mass is 451 g/mol. The van der Waals surface area contributed by atoms with Crippen LogP contribution in [0.2, 0.25) is 0 Å². The molecule has 1 atom stereocenters. The van der Waals surface area contributed by atoms with Crippen molar-refractivity contribution in [3.05, 3.63) is 46.0 Å². The fraction of sp³-hybridized carbons (Fsp3) is 0.583. The molecule has 1 aliphatic carbocycles. The number of methoxy groups -OCH3 is 1. The van der Waals surface area contributed by atoms with Gasteiger partial charge in [-0.2, -0.15) is 0 Å². The number of tetrazole rings is 1. The second-order valence-electron chi connectivity index (χ2n) is 9.21. The van der Waals surface area contributed by atoms with E-state index >= 15 is 0 Å². The number of piperazine rings is 1. The van der Waals surface area contributed by atoms with Crippen LogP contribution in [0.25, 0.3) is 10.9 Å². The molecule has 0 spiro atoms. The maximum atomic E-state index is 13.4. The van der Waals surface area contributed by atoms with Crippen LogP contribution in [-0.4, -0.2) is 74.8 Å². The minimum atomic E-state index is -0.288. The van der Waals surface area contributed by atoms with E-state index in [0.717, 1.165) is 74.5 Å². The van der Waals surface area contributed by atoms with E-state index in [9.17, 15) is 4.79 Å². The summed E-state index contributed by atoms with van der Waals surface area (Å²) in [7, 11) is 1.65. The first-order valence-corrected chi connectivity index (χ1v) is 12.1. The first kappa shape index (κ1) is 22.0. The average molecular weight is 452 g/mol. The lowest BCUT2D eigenvalue weighted by Gasteiger charge is -2.38. The third-order valence-electron chi connectivity index (χ3n) is 7.12. The van der Waals surface area contributed by atoms with Crippen LogP contribution in [0.1, 0.15) is 62.5 Å². The molecule has 3 aromatic rings. The highest BCUT2D eigenvalue weighted by Crippen LogP contribution is 2.34. The molecule has 1 saturated heterocycles. The molecule has 1 N–H and O–H groups in total. The molecule has 33 heavy (non-hydrogen) atoms. The molecule has 0 bridgehead atoms. The van der Waals surface area contributed by atoms with Crippen molar-refractivity contribution in [1.82, 2.24) is 35.0 Å². The topological polar surface area (TPSA) is 92.2 Å². The number of hydrogen-bond donors (Lipinski definition) is 1. The van der Waals surface area contributed by atoms with E-state index in [1.807, 2.05) is 28.9 Å². The predicted molar refractivity (Wildman–Crippen MR) is 127 cm³/mol. The quantitative estimate of drug-likeness (QED) is 0.590. The van der Waals surface area contributed by atoms with Gasteiger partial charge in [0.2, 0.25) is 0 Å². The van der Waals surface area contributed by atoms with Gasteiger partial charge in [0.25, 0.3) is 5.56 Å². The molecule has 2 aliphatic rings. The van der Waals surface area contributed by atoms with E-state index in [1.165, 1.54) is 12.8 Å². The summed E-state index contributed by atoms with van der Waals surface area (Å²) in [6, 6.07) is 7.73. The third-order valence-corrected chi connectivity index (χ3v) is 7.12. The van der Waals surface area contributed by atoms with Crippen LogP contribution < -0.4 is 10.3 Å². The van der Waals surface area contributed by atoms with Gasteiger partial charge in [-0.3, -0.25) is 9.69 Å². The highest BCUT2D eigenvalue weighted by atomic mass is 16.5. The van der Waals surface area contributed by atoms with Crippen molar-refractivity contribution in [2.45, 2.75) is 51.1 Å². The number of aromatic amines is 1. The van der Waals surface area contributed by atoms with Crippen LogP contribution in [0.5, 0.6) is 5.75 Å². The van der Waals surface area contributed by atoms with Crippen LogP contribution in [0.3, 0.4) is 0 Å². The molecule has 0 radical (unpaired) electrons. The number of hydrogen-bond acceptors (Lipinski definition) is 7. The third kappa shape index (κ3) is 4.39. The van der Waals surface area contributed by atoms with Gasteiger partial charge in [-0.15, -0.1) is 5.10 Å². The van der Waals surface area contributed by atoms with E-state index in [0.29, 0.717) is 11.6 Å². The zero-order valence-electron chi connectivity index (χ0n) is 19.5. The van der Waals surface area contributed by atoms with Crippen LogP contribution in [0, 0.1) is 0 Å². The number of benzene rings is 1. The van der Waals surface area contributed by atoms with Crippen LogP contribution in [0.15, 0.2) is 29.1 Å². The molecular weight excluding hydrogens is 418 g/mol. The molecule has 9 nitrogen and oxygen atoms in total. The van der Waals surface area contributed by atoms with Gasteiger partial charge in [-0.25, -0.2) is 4.68 Å². The van der Waals surface area contributed by atoms with Crippen LogP contribution in [0.4, 0.5) is 0 Å². The van der Waals surface area contributed by atoms with E-state index in [4.69, 9.17) is 4.74 Å². The number of H-pyrrole nitrogens is 1. The summed E-state index contributed by atoms with van der Waals surface area (Å²) in [6.45, 7) is 7.03. The number of rotatable bonds is 7. The Bertz CT molecular complexity index is 1140. The average Bonchev–Trinajstić information content (AvgIpc) is 3.53. The maximum absolute atomic E-state index is 13.4. The summed E-state index contributed by atoms with van der Waals surface area (Å²) in [5, 5.41) is 13.9. The van der Waals surface area contributed by atoms with Crippen molar-refractivity contribution in [2.75, 3.05) is 39.8 Å². The Morgan fingerprint density at radius 1 is 1.15 bits per heavy atom. The number of fused-ring (bicyclic) bond motifs is 1. The van der Waals surface area contributed by atoms with Crippen LogP contribution in [-0.2, 0) is 0 Å². The first-order valence-electron chi connectivity index (χ1n) is 12.1. The van der Waals surface area contributed by atoms with Gasteiger partial charge >= 0.3 is 0 Å². The number of pyridine rings is 1. The van der Waals surface area contributed by atoms with Crippen molar-refractivity contribution in [3.8, 4) is 5.75 Å². The minimum Gasteiger partial charge on any atom is -0.497 e. The highest BCUT2D eigenvalue weighted by molar-refractivity contribution is 5.80. The van der Waals surface area contributed by atoms with E-state index in [-0.39, 0.29) is 11.6 Å². The largest absolute Gasteiger partial charge is 0.497 e. The maximum Gasteiger partial charge on any atom is 0.253 e. The van der Waals surface area contributed by atoms with Gasteiger partial charge in [0.1, 0.15) is 11.8 Å². The lowest BCUT2D eigenvalue weighted by atomic mass is 10.0. The second kappa shape index (κ2) is 9.61. The molecule has 2 aromatic heterocycles. The highest BCUT2D eigenvalue weighted by Gasteiger charge is 2.34. The lowest BCUT2D eigenvalue weighted by molar-refractivity contribution is 0.103.